The molecule has 0 aliphatic carbocycles. The molecule has 9 heteroatoms. The van der Waals surface area contributed by atoms with Gasteiger partial charge in [-0.05, 0) is 49.2 Å². The third kappa shape index (κ3) is 6.17. The van der Waals surface area contributed by atoms with Crippen LogP contribution in [0.2, 0.25) is 30.7 Å². The summed E-state index contributed by atoms with van der Waals surface area (Å²) >= 11 is 6.16. The van der Waals surface area contributed by atoms with Crippen LogP contribution >= 0.6 is 11.6 Å². The molecule has 0 radical (unpaired) electrons. The van der Waals surface area contributed by atoms with Crippen molar-refractivity contribution in [1.82, 2.24) is 9.78 Å². The van der Waals surface area contributed by atoms with Crippen molar-refractivity contribution in [2.45, 2.75) is 51.5 Å². The Morgan fingerprint density at radius 3 is 2.43 bits per heavy atom. The minimum absolute atomic E-state index is 0.0292. The van der Waals surface area contributed by atoms with E-state index in [9.17, 15) is 8.42 Å². The molecule has 0 aliphatic heterocycles. The van der Waals surface area contributed by atoms with E-state index < -0.39 is 23.6 Å². The summed E-state index contributed by atoms with van der Waals surface area (Å²) in [5.41, 5.74) is 1.90. The predicted octanol–water partition coefficient (Wildman–Crippen LogP) is 6.50. The van der Waals surface area contributed by atoms with Gasteiger partial charge in [-0.2, -0.15) is 5.10 Å². The maximum Gasteiger partial charge on any atom is 0.234 e. The van der Waals surface area contributed by atoms with Gasteiger partial charge in [-0.3, -0.25) is 4.68 Å². The maximum absolute atomic E-state index is 12.8. The van der Waals surface area contributed by atoms with Crippen molar-refractivity contribution < 1.29 is 13.2 Å². The standard InChI is InChI=1S/C26H36ClN3O3SSi/c1-7-16-26(8-2,21-12-14-22(27)15-13-21)30-25-11-9-10-24(23(25)19-28-30)29(34(3,31)32)20-33-17-18-35(4,5)6/h7,9-16,19H,8,17-18,20H2,1-6H3. The minimum Gasteiger partial charge on any atom is -0.360 e. The smallest absolute Gasteiger partial charge is 0.234 e. The highest BCUT2D eigenvalue weighted by Crippen LogP contribution is 2.37. The van der Waals surface area contributed by atoms with Gasteiger partial charge >= 0.3 is 0 Å². The largest absolute Gasteiger partial charge is 0.360 e. The second-order valence-corrected chi connectivity index (χ2v) is 18.0. The second kappa shape index (κ2) is 10.9. The van der Waals surface area contributed by atoms with Crippen LogP contribution in [0.1, 0.15) is 25.8 Å². The first-order valence-electron chi connectivity index (χ1n) is 11.9. The lowest BCUT2D eigenvalue weighted by atomic mass is 9.86. The molecular weight excluding hydrogens is 498 g/mol. The Morgan fingerprint density at radius 1 is 1.17 bits per heavy atom. The van der Waals surface area contributed by atoms with Gasteiger partial charge in [-0.1, -0.05) is 68.5 Å². The van der Waals surface area contributed by atoms with Crippen molar-refractivity contribution >= 4 is 46.3 Å². The molecule has 2 aromatic carbocycles. The summed E-state index contributed by atoms with van der Waals surface area (Å²) in [5.74, 6) is 0. The Kier molecular flexibility index (Phi) is 8.52. The Hall–Kier alpha value is -2.13. The van der Waals surface area contributed by atoms with Crippen LogP contribution in [0.5, 0.6) is 0 Å². The fourth-order valence-electron chi connectivity index (χ4n) is 4.22. The van der Waals surface area contributed by atoms with Gasteiger partial charge in [0.15, 0.2) is 0 Å². The molecule has 190 valence electrons. The zero-order valence-electron chi connectivity index (χ0n) is 21.5. The van der Waals surface area contributed by atoms with Gasteiger partial charge in [0.05, 0.1) is 23.7 Å². The highest BCUT2D eigenvalue weighted by atomic mass is 35.5. The van der Waals surface area contributed by atoms with E-state index in [1.165, 1.54) is 10.6 Å². The number of halogens is 1. The summed E-state index contributed by atoms with van der Waals surface area (Å²) in [6, 6.07) is 14.4. The number of aromatic nitrogens is 2. The van der Waals surface area contributed by atoms with Crippen molar-refractivity contribution in [2.24, 2.45) is 0 Å². The van der Waals surface area contributed by atoms with Gasteiger partial charge < -0.3 is 4.74 Å². The Morgan fingerprint density at radius 2 is 1.86 bits per heavy atom. The fraction of sp³-hybridized carbons (Fsp3) is 0.423. The quantitative estimate of drug-likeness (QED) is 0.122. The molecule has 1 aromatic heterocycles. The lowest BCUT2D eigenvalue weighted by Gasteiger charge is -2.32. The number of nitrogens with zero attached hydrogens (tertiary/aromatic N) is 3. The van der Waals surface area contributed by atoms with E-state index in [0.29, 0.717) is 17.3 Å². The maximum atomic E-state index is 12.8. The van der Waals surface area contributed by atoms with Gasteiger partial charge in [0, 0.05) is 25.1 Å². The first-order valence-corrected chi connectivity index (χ1v) is 17.8. The lowest BCUT2D eigenvalue weighted by molar-refractivity contribution is 0.156. The van der Waals surface area contributed by atoms with Gasteiger partial charge in [-0.15, -0.1) is 0 Å². The molecule has 0 aliphatic rings. The molecule has 35 heavy (non-hydrogen) atoms. The van der Waals surface area contributed by atoms with Crippen molar-refractivity contribution in [3.63, 3.8) is 0 Å². The second-order valence-electron chi connectivity index (χ2n) is 10.0. The van der Waals surface area contributed by atoms with Crippen molar-refractivity contribution in [3.8, 4) is 0 Å². The Balaban J connectivity index is 2.10. The SMILES string of the molecule is CC=CC(CC)(c1ccc(Cl)cc1)n1ncc2c(N(COCC[Si](C)(C)C)S(C)(=O)=O)cccc21. The van der Waals surface area contributed by atoms with Crippen molar-refractivity contribution in [2.75, 3.05) is 23.9 Å². The number of allylic oxidation sites excluding steroid dienone is 2. The molecule has 0 spiro atoms. The van der Waals surface area contributed by atoms with E-state index in [0.717, 1.165) is 28.9 Å². The number of benzene rings is 2. The van der Waals surface area contributed by atoms with Crippen LogP contribution in [0.15, 0.2) is 60.8 Å². The molecule has 3 aromatic rings. The van der Waals surface area contributed by atoms with Crippen LogP contribution < -0.4 is 4.31 Å². The number of hydrogen-bond donors (Lipinski definition) is 0. The van der Waals surface area contributed by atoms with E-state index in [4.69, 9.17) is 21.4 Å². The van der Waals surface area contributed by atoms with Gasteiger partial charge in [0.25, 0.3) is 0 Å². The summed E-state index contributed by atoms with van der Waals surface area (Å²) in [5, 5.41) is 6.21. The summed E-state index contributed by atoms with van der Waals surface area (Å²) in [6.07, 6.45) is 7.85. The predicted molar refractivity (Wildman–Crippen MR) is 150 cm³/mol. The monoisotopic (exact) mass is 533 g/mol. The summed E-state index contributed by atoms with van der Waals surface area (Å²) < 4.78 is 34.7. The van der Waals surface area contributed by atoms with Crippen molar-refractivity contribution in [1.29, 1.82) is 0 Å². The minimum atomic E-state index is -3.57. The third-order valence-corrected chi connectivity index (χ3v) is 9.23. The number of fused-ring (bicyclic) bond motifs is 1. The number of hydrogen-bond acceptors (Lipinski definition) is 4. The molecule has 0 saturated carbocycles. The number of ether oxygens (including phenoxy) is 1. The molecule has 1 unspecified atom stereocenters. The molecule has 0 bridgehead atoms. The lowest BCUT2D eigenvalue weighted by Crippen LogP contribution is -2.34. The fourth-order valence-corrected chi connectivity index (χ4v) is 5.88. The van der Waals surface area contributed by atoms with E-state index >= 15 is 0 Å². The molecule has 1 atom stereocenters. The summed E-state index contributed by atoms with van der Waals surface area (Å²) in [7, 11) is -4.86. The molecular formula is C26H36ClN3O3SSi. The van der Waals surface area contributed by atoms with Crippen LogP contribution in [0.25, 0.3) is 10.9 Å². The normalized spacial score (nSPS) is 14.5. The molecule has 6 nitrogen and oxygen atoms in total. The van der Waals surface area contributed by atoms with Crippen LogP contribution in [0.4, 0.5) is 5.69 Å². The van der Waals surface area contributed by atoms with Gasteiger partial charge in [0.2, 0.25) is 10.0 Å². The molecule has 0 amide bonds. The first kappa shape index (κ1) is 27.5. The third-order valence-electron chi connectivity index (χ3n) is 6.17. The highest BCUT2D eigenvalue weighted by Gasteiger charge is 2.33. The van der Waals surface area contributed by atoms with Crippen molar-refractivity contribution in [3.05, 3.63) is 71.4 Å². The van der Waals surface area contributed by atoms with E-state index in [1.807, 2.05) is 60.1 Å². The topological polar surface area (TPSA) is 64.4 Å². The molecule has 0 N–H and O–H groups in total. The Bertz CT molecular complexity index is 1280. The van der Waals surface area contributed by atoms with Crippen LogP contribution in [0.3, 0.4) is 0 Å². The number of sulfonamides is 1. The average molecular weight is 534 g/mol. The first-order chi connectivity index (χ1) is 16.4. The molecule has 0 fully saturated rings. The van der Waals surface area contributed by atoms with Crippen LogP contribution in [-0.2, 0) is 20.3 Å². The molecule has 3 rings (SSSR count). The zero-order chi connectivity index (χ0) is 25.9. The van der Waals surface area contributed by atoms with Gasteiger partial charge in [-0.25, -0.2) is 12.7 Å². The molecule has 1 heterocycles. The highest BCUT2D eigenvalue weighted by molar-refractivity contribution is 7.92. The van der Waals surface area contributed by atoms with Crippen LogP contribution in [-0.4, -0.2) is 45.9 Å². The summed E-state index contributed by atoms with van der Waals surface area (Å²) in [6.45, 7) is 11.4. The van der Waals surface area contributed by atoms with Crippen LogP contribution in [0, 0.1) is 0 Å². The van der Waals surface area contributed by atoms with E-state index in [-0.39, 0.29) is 6.73 Å². The van der Waals surface area contributed by atoms with Gasteiger partial charge in [0.1, 0.15) is 12.3 Å². The zero-order valence-corrected chi connectivity index (χ0v) is 24.0. The molecule has 0 saturated heterocycles. The number of rotatable bonds is 11. The average Bonchev–Trinajstić information content (AvgIpc) is 3.21. The van der Waals surface area contributed by atoms with E-state index in [1.54, 1.807) is 6.20 Å². The number of anilines is 1. The Labute approximate surface area is 215 Å². The summed E-state index contributed by atoms with van der Waals surface area (Å²) in [4.78, 5) is 0. The van der Waals surface area contributed by atoms with E-state index in [2.05, 4.69) is 32.6 Å².